The van der Waals surface area contributed by atoms with E-state index in [0.717, 1.165) is 30.7 Å². The molecule has 2 unspecified atom stereocenters. The Morgan fingerprint density at radius 1 is 1.36 bits per heavy atom. The van der Waals surface area contributed by atoms with Crippen LogP contribution in [0.1, 0.15) is 54.4 Å². The average molecular weight is 404 g/mol. The van der Waals surface area contributed by atoms with Crippen LogP contribution in [0.2, 0.25) is 0 Å². The van der Waals surface area contributed by atoms with Crippen molar-refractivity contribution in [1.82, 2.24) is 15.5 Å². The van der Waals surface area contributed by atoms with Crippen molar-refractivity contribution < 1.29 is 18.8 Å². The Labute approximate surface area is 168 Å². The van der Waals surface area contributed by atoms with Crippen LogP contribution in [0, 0.1) is 12.8 Å². The van der Waals surface area contributed by atoms with Crippen molar-refractivity contribution in [2.45, 2.75) is 56.4 Å². The number of amides is 1. The summed E-state index contributed by atoms with van der Waals surface area (Å²) < 4.78 is 10.3. The van der Waals surface area contributed by atoms with E-state index in [9.17, 15) is 9.59 Å². The Hall–Kier alpha value is -2.35. The SMILES string of the molecule is Cc1cc(CSc2ncccc2C(=O)OCC(=O)NC2CCCCC2C)no1. The predicted octanol–water partition coefficient (Wildman–Crippen LogP) is 3.52. The quantitative estimate of drug-likeness (QED) is 0.558. The van der Waals surface area contributed by atoms with Crippen LogP contribution in [0.5, 0.6) is 0 Å². The van der Waals surface area contributed by atoms with E-state index in [1.54, 1.807) is 18.3 Å². The lowest BCUT2D eigenvalue weighted by Gasteiger charge is -2.29. The zero-order chi connectivity index (χ0) is 19.9. The second-order valence-electron chi connectivity index (χ2n) is 7.09. The van der Waals surface area contributed by atoms with E-state index in [1.807, 2.05) is 13.0 Å². The summed E-state index contributed by atoms with van der Waals surface area (Å²) in [4.78, 5) is 28.9. The molecule has 0 aliphatic heterocycles. The molecule has 1 aliphatic carbocycles. The minimum Gasteiger partial charge on any atom is -0.452 e. The molecule has 150 valence electrons. The number of carbonyl (C=O) groups is 2. The summed E-state index contributed by atoms with van der Waals surface area (Å²) >= 11 is 1.37. The van der Waals surface area contributed by atoms with Gasteiger partial charge in [-0.2, -0.15) is 0 Å². The van der Waals surface area contributed by atoms with Crippen molar-refractivity contribution in [3.05, 3.63) is 41.4 Å². The zero-order valence-electron chi connectivity index (χ0n) is 16.1. The van der Waals surface area contributed by atoms with Gasteiger partial charge in [-0.25, -0.2) is 9.78 Å². The Bertz CT molecular complexity index is 823. The summed E-state index contributed by atoms with van der Waals surface area (Å²) in [5.41, 5.74) is 1.11. The van der Waals surface area contributed by atoms with E-state index in [-0.39, 0.29) is 18.6 Å². The van der Waals surface area contributed by atoms with Gasteiger partial charge in [0, 0.05) is 24.1 Å². The van der Waals surface area contributed by atoms with Crippen molar-refractivity contribution in [2.75, 3.05) is 6.61 Å². The topological polar surface area (TPSA) is 94.3 Å². The largest absolute Gasteiger partial charge is 0.452 e. The highest BCUT2D eigenvalue weighted by Crippen LogP contribution is 2.25. The molecule has 2 aromatic rings. The van der Waals surface area contributed by atoms with Gasteiger partial charge in [0.25, 0.3) is 5.91 Å². The molecule has 0 bridgehead atoms. The van der Waals surface area contributed by atoms with E-state index in [0.29, 0.717) is 22.3 Å². The molecule has 0 aromatic carbocycles. The van der Waals surface area contributed by atoms with Gasteiger partial charge in [0.1, 0.15) is 10.8 Å². The molecule has 3 rings (SSSR count). The number of esters is 1. The number of nitrogens with zero attached hydrogens (tertiary/aromatic N) is 2. The number of hydrogen-bond acceptors (Lipinski definition) is 7. The van der Waals surface area contributed by atoms with E-state index in [2.05, 4.69) is 22.4 Å². The number of pyridine rings is 1. The Morgan fingerprint density at radius 2 is 2.18 bits per heavy atom. The molecule has 1 fully saturated rings. The van der Waals surface area contributed by atoms with Crippen LogP contribution in [-0.4, -0.2) is 34.7 Å². The Morgan fingerprint density at radius 3 is 2.93 bits per heavy atom. The molecular weight excluding hydrogens is 378 g/mol. The highest BCUT2D eigenvalue weighted by molar-refractivity contribution is 7.98. The Balaban J connectivity index is 1.53. The number of aryl methyl sites for hydroxylation is 1. The Kier molecular flexibility index (Phi) is 7.08. The fourth-order valence-corrected chi connectivity index (χ4v) is 4.14. The molecular formula is C20H25N3O4S. The van der Waals surface area contributed by atoms with E-state index < -0.39 is 5.97 Å². The van der Waals surface area contributed by atoms with Gasteiger partial charge < -0.3 is 14.6 Å². The van der Waals surface area contributed by atoms with Gasteiger partial charge in [-0.1, -0.05) is 36.7 Å². The number of rotatable bonds is 7. The molecule has 1 N–H and O–H groups in total. The normalized spacial score (nSPS) is 19.2. The maximum atomic E-state index is 12.5. The molecule has 28 heavy (non-hydrogen) atoms. The molecule has 0 saturated heterocycles. The number of nitrogens with one attached hydrogen (secondary N) is 1. The lowest BCUT2D eigenvalue weighted by Crippen LogP contribution is -2.42. The van der Waals surface area contributed by atoms with E-state index in [1.165, 1.54) is 18.2 Å². The maximum absolute atomic E-state index is 12.5. The van der Waals surface area contributed by atoms with Crippen molar-refractivity contribution in [2.24, 2.45) is 5.92 Å². The van der Waals surface area contributed by atoms with Crippen LogP contribution in [0.15, 0.2) is 33.9 Å². The van der Waals surface area contributed by atoms with Crippen LogP contribution in [0.25, 0.3) is 0 Å². The monoisotopic (exact) mass is 403 g/mol. The van der Waals surface area contributed by atoms with Gasteiger partial charge in [-0.05, 0) is 37.8 Å². The second kappa shape index (κ2) is 9.73. The molecule has 0 radical (unpaired) electrons. The molecule has 7 nitrogen and oxygen atoms in total. The van der Waals surface area contributed by atoms with Gasteiger partial charge in [0.2, 0.25) is 0 Å². The molecule has 1 aliphatic rings. The first-order valence-electron chi connectivity index (χ1n) is 9.49. The van der Waals surface area contributed by atoms with Crippen molar-refractivity contribution >= 4 is 23.6 Å². The van der Waals surface area contributed by atoms with E-state index in [4.69, 9.17) is 9.26 Å². The number of ether oxygens (including phenoxy) is 1. The fourth-order valence-electron chi connectivity index (χ4n) is 3.28. The minimum absolute atomic E-state index is 0.162. The summed E-state index contributed by atoms with van der Waals surface area (Å²) in [6.45, 7) is 3.68. The van der Waals surface area contributed by atoms with Crippen LogP contribution >= 0.6 is 11.8 Å². The lowest BCUT2D eigenvalue weighted by molar-refractivity contribution is -0.125. The van der Waals surface area contributed by atoms with Crippen LogP contribution in [-0.2, 0) is 15.3 Å². The first-order chi connectivity index (χ1) is 13.5. The second-order valence-corrected chi connectivity index (χ2v) is 8.05. The third-order valence-electron chi connectivity index (χ3n) is 4.82. The molecule has 1 saturated carbocycles. The van der Waals surface area contributed by atoms with Crippen molar-refractivity contribution in [3.63, 3.8) is 0 Å². The number of carbonyl (C=O) groups excluding carboxylic acids is 2. The zero-order valence-corrected chi connectivity index (χ0v) is 17.0. The maximum Gasteiger partial charge on any atom is 0.341 e. The summed E-state index contributed by atoms with van der Waals surface area (Å²) in [7, 11) is 0. The summed E-state index contributed by atoms with van der Waals surface area (Å²) in [6, 6.07) is 5.32. The molecule has 8 heteroatoms. The highest BCUT2D eigenvalue weighted by Gasteiger charge is 2.23. The van der Waals surface area contributed by atoms with E-state index >= 15 is 0 Å². The minimum atomic E-state index is -0.557. The smallest absolute Gasteiger partial charge is 0.341 e. The van der Waals surface area contributed by atoms with Gasteiger partial charge in [-0.15, -0.1) is 0 Å². The third-order valence-corrected chi connectivity index (χ3v) is 5.86. The summed E-state index contributed by atoms with van der Waals surface area (Å²) in [6.07, 6.45) is 6.04. The standard InChI is InChI=1S/C20H25N3O4S/c1-13-6-3-4-8-17(13)22-18(24)11-26-20(25)16-7-5-9-21-19(16)28-12-15-10-14(2)27-23-15/h5,7,9-10,13,17H,3-4,6,8,11-12H2,1-2H3,(H,22,24). The molecule has 0 spiro atoms. The summed E-state index contributed by atoms with van der Waals surface area (Å²) in [5, 5.41) is 7.45. The number of aromatic nitrogens is 2. The van der Waals surface area contributed by atoms with Gasteiger partial charge in [0.05, 0.1) is 11.3 Å². The highest BCUT2D eigenvalue weighted by atomic mass is 32.2. The molecule has 2 atom stereocenters. The lowest BCUT2D eigenvalue weighted by atomic mass is 9.86. The van der Waals surface area contributed by atoms with Gasteiger partial charge in [-0.3, -0.25) is 4.79 Å². The number of thioether (sulfide) groups is 1. The first kappa shape index (κ1) is 20.4. The molecule has 2 heterocycles. The van der Waals surface area contributed by atoms with Crippen LogP contribution in [0.4, 0.5) is 0 Å². The number of hydrogen-bond donors (Lipinski definition) is 1. The third kappa shape index (κ3) is 5.58. The molecule has 2 aromatic heterocycles. The van der Waals surface area contributed by atoms with Crippen molar-refractivity contribution in [1.29, 1.82) is 0 Å². The first-order valence-corrected chi connectivity index (χ1v) is 10.5. The average Bonchev–Trinajstić information content (AvgIpc) is 3.12. The van der Waals surface area contributed by atoms with Crippen molar-refractivity contribution in [3.8, 4) is 0 Å². The fraction of sp³-hybridized carbons (Fsp3) is 0.500. The van der Waals surface area contributed by atoms with Gasteiger partial charge >= 0.3 is 5.97 Å². The molecule has 1 amide bonds. The predicted molar refractivity (Wildman–Crippen MR) is 105 cm³/mol. The van der Waals surface area contributed by atoms with Gasteiger partial charge in [0.15, 0.2) is 6.61 Å². The van der Waals surface area contributed by atoms with Crippen LogP contribution in [0.3, 0.4) is 0 Å². The van der Waals surface area contributed by atoms with Crippen LogP contribution < -0.4 is 5.32 Å². The summed E-state index contributed by atoms with van der Waals surface area (Å²) in [5.74, 6) is 0.890.